The SMILES string of the molecule is CCCC1CCN(CCN)CC1. The maximum absolute atomic E-state index is 5.51. The van der Waals surface area contributed by atoms with Gasteiger partial charge in [0.05, 0.1) is 0 Å². The largest absolute Gasteiger partial charge is 0.329 e. The zero-order chi connectivity index (χ0) is 8.81. The first-order valence-electron chi connectivity index (χ1n) is 5.29. The van der Waals surface area contributed by atoms with Gasteiger partial charge in [-0.1, -0.05) is 19.8 Å². The third-order valence-electron chi connectivity index (χ3n) is 2.85. The predicted molar refractivity (Wildman–Crippen MR) is 53.1 cm³/mol. The Morgan fingerprint density at radius 1 is 1.33 bits per heavy atom. The van der Waals surface area contributed by atoms with Gasteiger partial charge in [0.2, 0.25) is 0 Å². The van der Waals surface area contributed by atoms with E-state index in [-0.39, 0.29) is 0 Å². The van der Waals surface area contributed by atoms with Crippen LogP contribution < -0.4 is 5.73 Å². The Bertz CT molecular complexity index is 92.4. The van der Waals surface area contributed by atoms with E-state index >= 15 is 0 Å². The summed E-state index contributed by atoms with van der Waals surface area (Å²) in [5, 5.41) is 0. The summed E-state index contributed by atoms with van der Waals surface area (Å²) in [4.78, 5) is 2.49. The summed E-state index contributed by atoms with van der Waals surface area (Å²) in [6.45, 7) is 6.76. The molecule has 0 amide bonds. The number of nitrogens with zero attached hydrogens (tertiary/aromatic N) is 1. The van der Waals surface area contributed by atoms with E-state index in [1.54, 1.807) is 0 Å². The molecule has 0 radical (unpaired) electrons. The van der Waals surface area contributed by atoms with Gasteiger partial charge in [0.15, 0.2) is 0 Å². The molecule has 0 saturated carbocycles. The number of hydrogen-bond acceptors (Lipinski definition) is 2. The highest BCUT2D eigenvalue weighted by atomic mass is 15.1. The summed E-state index contributed by atoms with van der Waals surface area (Å²) < 4.78 is 0. The van der Waals surface area contributed by atoms with Crippen LogP contribution in [0.4, 0.5) is 0 Å². The van der Waals surface area contributed by atoms with Gasteiger partial charge in [-0.15, -0.1) is 0 Å². The van der Waals surface area contributed by atoms with Crippen molar-refractivity contribution in [2.24, 2.45) is 11.7 Å². The van der Waals surface area contributed by atoms with Crippen LogP contribution in [0.2, 0.25) is 0 Å². The van der Waals surface area contributed by atoms with Crippen LogP contribution in [0.25, 0.3) is 0 Å². The Balaban J connectivity index is 2.11. The van der Waals surface area contributed by atoms with Crippen molar-refractivity contribution in [3.05, 3.63) is 0 Å². The van der Waals surface area contributed by atoms with Crippen LogP contribution in [-0.2, 0) is 0 Å². The van der Waals surface area contributed by atoms with Gasteiger partial charge in [0, 0.05) is 13.1 Å². The highest BCUT2D eigenvalue weighted by Gasteiger charge is 2.17. The smallest absolute Gasteiger partial charge is 0.0105 e. The topological polar surface area (TPSA) is 29.3 Å². The Morgan fingerprint density at radius 3 is 2.50 bits per heavy atom. The van der Waals surface area contributed by atoms with Gasteiger partial charge in [-0.05, 0) is 31.8 Å². The summed E-state index contributed by atoms with van der Waals surface area (Å²) in [6.07, 6.45) is 5.57. The second-order valence-electron chi connectivity index (χ2n) is 3.86. The molecule has 0 aromatic rings. The van der Waals surface area contributed by atoms with Crippen LogP contribution in [0.3, 0.4) is 0 Å². The number of piperidine rings is 1. The summed E-state index contributed by atoms with van der Waals surface area (Å²) >= 11 is 0. The summed E-state index contributed by atoms with van der Waals surface area (Å²) in [7, 11) is 0. The molecule has 0 atom stereocenters. The summed E-state index contributed by atoms with van der Waals surface area (Å²) in [5.74, 6) is 1.00. The number of rotatable bonds is 4. The van der Waals surface area contributed by atoms with E-state index in [1.807, 2.05) is 0 Å². The second kappa shape index (κ2) is 5.55. The number of nitrogens with two attached hydrogens (primary N) is 1. The third kappa shape index (κ3) is 3.11. The van der Waals surface area contributed by atoms with Crippen molar-refractivity contribution in [1.29, 1.82) is 0 Å². The fourth-order valence-corrected chi connectivity index (χ4v) is 2.09. The molecule has 0 aliphatic carbocycles. The minimum atomic E-state index is 0.818. The molecular formula is C10H22N2. The second-order valence-corrected chi connectivity index (χ2v) is 3.86. The minimum absolute atomic E-state index is 0.818. The Hall–Kier alpha value is -0.0800. The minimum Gasteiger partial charge on any atom is -0.329 e. The monoisotopic (exact) mass is 170 g/mol. The molecule has 72 valence electrons. The molecule has 0 bridgehead atoms. The Labute approximate surface area is 76.1 Å². The van der Waals surface area contributed by atoms with Crippen molar-refractivity contribution < 1.29 is 0 Å². The molecule has 1 aliphatic rings. The molecule has 0 aromatic heterocycles. The van der Waals surface area contributed by atoms with Crippen molar-refractivity contribution in [1.82, 2.24) is 4.90 Å². The van der Waals surface area contributed by atoms with Gasteiger partial charge < -0.3 is 10.6 Å². The molecule has 2 heteroatoms. The third-order valence-corrected chi connectivity index (χ3v) is 2.85. The van der Waals surface area contributed by atoms with Gasteiger partial charge >= 0.3 is 0 Å². The summed E-state index contributed by atoms with van der Waals surface area (Å²) in [5.41, 5.74) is 5.51. The normalized spacial score (nSPS) is 21.5. The van der Waals surface area contributed by atoms with Crippen LogP contribution in [0.5, 0.6) is 0 Å². The van der Waals surface area contributed by atoms with Gasteiger partial charge in [0.25, 0.3) is 0 Å². The molecule has 1 rings (SSSR count). The van der Waals surface area contributed by atoms with E-state index in [1.165, 1.54) is 38.8 Å². The van der Waals surface area contributed by atoms with Crippen LogP contribution in [0.15, 0.2) is 0 Å². The molecule has 1 aliphatic heterocycles. The maximum Gasteiger partial charge on any atom is 0.0105 e. The van der Waals surface area contributed by atoms with Gasteiger partial charge in [0.1, 0.15) is 0 Å². The fourth-order valence-electron chi connectivity index (χ4n) is 2.09. The lowest BCUT2D eigenvalue weighted by atomic mass is 9.92. The number of likely N-dealkylation sites (tertiary alicyclic amines) is 1. The molecule has 2 N–H and O–H groups in total. The van der Waals surface area contributed by atoms with Crippen LogP contribution in [-0.4, -0.2) is 31.1 Å². The van der Waals surface area contributed by atoms with Crippen molar-refractivity contribution in [3.63, 3.8) is 0 Å². The average molecular weight is 170 g/mol. The molecule has 1 fully saturated rings. The molecule has 1 heterocycles. The lowest BCUT2D eigenvalue weighted by molar-refractivity contribution is 0.183. The van der Waals surface area contributed by atoms with Crippen LogP contribution in [0.1, 0.15) is 32.6 Å². The molecule has 12 heavy (non-hydrogen) atoms. The van der Waals surface area contributed by atoms with E-state index in [2.05, 4.69) is 11.8 Å². The predicted octanol–water partition coefficient (Wildman–Crippen LogP) is 1.46. The zero-order valence-corrected chi connectivity index (χ0v) is 8.26. The molecule has 0 aromatic carbocycles. The first kappa shape index (κ1) is 10.0. The van der Waals surface area contributed by atoms with Crippen molar-refractivity contribution in [2.75, 3.05) is 26.2 Å². The average Bonchev–Trinajstić information content (AvgIpc) is 2.09. The van der Waals surface area contributed by atoms with E-state index in [4.69, 9.17) is 5.73 Å². The maximum atomic E-state index is 5.51. The lowest BCUT2D eigenvalue weighted by Gasteiger charge is -2.31. The highest BCUT2D eigenvalue weighted by molar-refractivity contribution is 4.71. The number of hydrogen-bond donors (Lipinski definition) is 1. The first-order chi connectivity index (χ1) is 5.86. The van der Waals surface area contributed by atoms with E-state index in [0.29, 0.717) is 0 Å². The first-order valence-corrected chi connectivity index (χ1v) is 5.29. The summed E-state index contributed by atoms with van der Waals surface area (Å²) in [6, 6.07) is 0. The quantitative estimate of drug-likeness (QED) is 0.692. The van der Waals surface area contributed by atoms with Crippen LogP contribution in [0, 0.1) is 5.92 Å². The van der Waals surface area contributed by atoms with Gasteiger partial charge in [-0.3, -0.25) is 0 Å². The van der Waals surface area contributed by atoms with Gasteiger partial charge in [-0.2, -0.15) is 0 Å². The Kier molecular flexibility index (Phi) is 4.62. The lowest BCUT2D eigenvalue weighted by Crippen LogP contribution is -2.36. The van der Waals surface area contributed by atoms with Gasteiger partial charge in [-0.25, -0.2) is 0 Å². The molecular weight excluding hydrogens is 148 g/mol. The molecule has 0 unspecified atom stereocenters. The van der Waals surface area contributed by atoms with E-state index in [0.717, 1.165) is 19.0 Å². The molecule has 2 nitrogen and oxygen atoms in total. The molecule has 0 spiro atoms. The molecule has 1 saturated heterocycles. The zero-order valence-electron chi connectivity index (χ0n) is 8.26. The van der Waals surface area contributed by atoms with Crippen LogP contribution >= 0.6 is 0 Å². The standard InChI is InChI=1S/C10H22N2/c1-2-3-10-4-7-12(8-5-10)9-6-11/h10H,2-9,11H2,1H3. The van der Waals surface area contributed by atoms with E-state index in [9.17, 15) is 0 Å². The highest BCUT2D eigenvalue weighted by Crippen LogP contribution is 2.20. The van der Waals surface area contributed by atoms with E-state index < -0.39 is 0 Å². The van der Waals surface area contributed by atoms with Crippen molar-refractivity contribution >= 4 is 0 Å². The van der Waals surface area contributed by atoms with Crippen molar-refractivity contribution in [2.45, 2.75) is 32.6 Å². The van der Waals surface area contributed by atoms with Crippen molar-refractivity contribution in [3.8, 4) is 0 Å². The Morgan fingerprint density at radius 2 is 2.00 bits per heavy atom. The fraction of sp³-hybridized carbons (Fsp3) is 1.00.